The molecule has 88 valence electrons. The fourth-order valence-corrected chi connectivity index (χ4v) is 1.83. The SMILES string of the molecule is Cn1cncc1/C=C/c1nc(C2CCC2)no1. The molecule has 0 amide bonds. The minimum atomic E-state index is 0.512. The fourth-order valence-electron chi connectivity index (χ4n) is 1.83. The van der Waals surface area contributed by atoms with E-state index in [9.17, 15) is 0 Å². The zero-order valence-electron chi connectivity index (χ0n) is 9.71. The molecule has 0 aliphatic heterocycles. The molecule has 2 aromatic heterocycles. The van der Waals surface area contributed by atoms with E-state index in [4.69, 9.17) is 4.52 Å². The standard InChI is InChI=1S/C12H14N4O/c1-16-8-13-7-10(16)5-6-11-14-12(15-17-11)9-3-2-4-9/h5-9H,2-4H2,1H3/b6-5+. The predicted molar refractivity (Wildman–Crippen MR) is 63.0 cm³/mol. The Morgan fingerprint density at radius 2 is 2.29 bits per heavy atom. The summed E-state index contributed by atoms with van der Waals surface area (Å²) in [4.78, 5) is 8.40. The number of aryl methyl sites for hydroxylation is 1. The van der Waals surface area contributed by atoms with Gasteiger partial charge < -0.3 is 9.09 Å². The second kappa shape index (κ2) is 4.16. The molecule has 3 rings (SSSR count). The van der Waals surface area contributed by atoms with Crippen LogP contribution in [0.25, 0.3) is 12.2 Å². The van der Waals surface area contributed by atoms with Crippen molar-refractivity contribution in [1.82, 2.24) is 19.7 Å². The monoisotopic (exact) mass is 230 g/mol. The van der Waals surface area contributed by atoms with Gasteiger partial charge in [-0.1, -0.05) is 11.6 Å². The van der Waals surface area contributed by atoms with E-state index in [2.05, 4.69) is 15.1 Å². The molecular formula is C12H14N4O. The van der Waals surface area contributed by atoms with Crippen molar-refractivity contribution in [3.05, 3.63) is 29.9 Å². The van der Waals surface area contributed by atoms with Crippen molar-refractivity contribution in [3.63, 3.8) is 0 Å². The number of imidazole rings is 1. The smallest absolute Gasteiger partial charge is 0.250 e. The average Bonchev–Trinajstić information content (AvgIpc) is 2.83. The molecule has 0 unspecified atom stereocenters. The van der Waals surface area contributed by atoms with E-state index in [1.54, 1.807) is 12.5 Å². The van der Waals surface area contributed by atoms with Crippen molar-refractivity contribution in [2.24, 2.45) is 7.05 Å². The average molecular weight is 230 g/mol. The summed E-state index contributed by atoms with van der Waals surface area (Å²) in [5, 5.41) is 4.00. The van der Waals surface area contributed by atoms with Crippen LogP contribution in [0, 0.1) is 0 Å². The molecule has 0 atom stereocenters. The van der Waals surface area contributed by atoms with E-state index in [-0.39, 0.29) is 0 Å². The van der Waals surface area contributed by atoms with Crippen LogP contribution in [0.1, 0.15) is 42.6 Å². The van der Waals surface area contributed by atoms with E-state index in [0.29, 0.717) is 11.8 Å². The molecule has 2 aromatic rings. The summed E-state index contributed by atoms with van der Waals surface area (Å²) in [5.41, 5.74) is 1.01. The molecule has 5 nitrogen and oxygen atoms in total. The third kappa shape index (κ3) is 2.00. The summed E-state index contributed by atoms with van der Waals surface area (Å²) in [6, 6.07) is 0. The van der Waals surface area contributed by atoms with Gasteiger partial charge in [0.25, 0.3) is 5.89 Å². The lowest BCUT2D eigenvalue weighted by molar-refractivity contribution is 0.360. The summed E-state index contributed by atoms with van der Waals surface area (Å²) in [5.74, 6) is 1.92. The highest BCUT2D eigenvalue weighted by Gasteiger charge is 2.24. The van der Waals surface area contributed by atoms with Crippen LogP contribution in [-0.2, 0) is 7.05 Å². The van der Waals surface area contributed by atoms with Crippen LogP contribution in [0.15, 0.2) is 17.0 Å². The van der Waals surface area contributed by atoms with Crippen molar-refractivity contribution >= 4 is 12.2 Å². The summed E-state index contributed by atoms with van der Waals surface area (Å²) < 4.78 is 7.11. The summed E-state index contributed by atoms with van der Waals surface area (Å²) in [6.45, 7) is 0. The van der Waals surface area contributed by atoms with Gasteiger partial charge in [-0.25, -0.2) is 4.98 Å². The number of nitrogens with zero attached hydrogens (tertiary/aromatic N) is 4. The van der Waals surface area contributed by atoms with Crippen LogP contribution >= 0.6 is 0 Å². The van der Waals surface area contributed by atoms with Gasteiger partial charge in [0.1, 0.15) is 0 Å². The molecule has 5 heteroatoms. The van der Waals surface area contributed by atoms with Crippen LogP contribution in [-0.4, -0.2) is 19.7 Å². The van der Waals surface area contributed by atoms with Gasteiger partial charge in [0.15, 0.2) is 5.82 Å². The van der Waals surface area contributed by atoms with Gasteiger partial charge in [-0.2, -0.15) is 4.98 Å². The second-order valence-electron chi connectivity index (χ2n) is 4.38. The zero-order chi connectivity index (χ0) is 11.7. The third-order valence-corrected chi connectivity index (χ3v) is 3.18. The molecule has 1 aliphatic carbocycles. The highest BCUT2D eigenvalue weighted by Crippen LogP contribution is 2.34. The van der Waals surface area contributed by atoms with Crippen molar-refractivity contribution in [2.45, 2.75) is 25.2 Å². The van der Waals surface area contributed by atoms with E-state index in [1.807, 2.05) is 23.8 Å². The van der Waals surface area contributed by atoms with Crippen LogP contribution in [0.2, 0.25) is 0 Å². The number of aromatic nitrogens is 4. The Bertz CT molecular complexity index is 536. The van der Waals surface area contributed by atoms with Crippen LogP contribution in [0.4, 0.5) is 0 Å². The largest absolute Gasteiger partial charge is 0.335 e. The molecule has 0 saturated heterocycles. The van der Waals surface area contributed by atoms with Gasteiger partial charge in [-0.05, 0) is 18.9 Å². The van der Waals surface area contributed by atoms with E-state index < -0.39 is 0 Å². The summed E-state index contributed by atoms with van der Waals surface area (Å²) in [7, 11) is 1.94. The first-order valence-electron chi connectivity index (χ1n) is 5.81. The Morgan fingerprint density at radius 1 is 1.41 bits per heavy atom. The van der Waals surface area contributed by atoms with Crippen LogP contribution in [0.3, 0.4) is 0 Å². The molecule has 1 saturated carbocycles. The molecule has 1 fully saturated rings. The lowest BCUT2D eigenvalue weighted by Crippen LogP contribution is -2.10. The first-order valence-corrected chi connectivity index (χ1v) is 5.81. The lowest BCUT2D eigenvalue weighted by atomic mass is 9.85. The maximum atomic E-state index is 5.18. The quantitative estimate of drug-likeness (QED) is 0.811. The topological polar surface area (TPSA) is 56.7 Å². The minimum absolute atomic E-state index is 0.512. The Hall–Kier alpha value is -1.91. The summed E-state index contributed by atoms with van der Waals surface area (Å²) in [6.07, 6.45) is 10.9. The molecule has 0 N–H and O–H groups in total. The van der Waals surface area contributed by atoms with Crippen molar-refractivity contribution in [3.8, 4) is 0 Å². The molecule has 0 aromatic carbocycles. The van der Waals surface area contributed by atoms with Crippen LogP contribution < -0.4 is 0 Å². The first kappa shape index (κ1) is 10.3. The first-order chi connectivity index (χ1) is 8.33. The van der Waals surface area contributed by atoms with Gasteiger partial charge in [0, 0.05) is 19.0 Å². The van der Waals surface area contributed by atoms with E-state index in [0.717, 1.165) is 11.5 Å². The van der Waals surface area contributed by atoms with Gasteiger partial charge in [0.05, 0.1) is 18.2 Å². The zero-order valence-corrected chi connectivity index (χ0v) is 9.71. The number of hydrogen-bond acceptors (Lipinski definition) is 4. The van der Waals surface area contributed by atoms with Gasteiger partial charge in [-0.15, -0.1) is 0 Å². The van der Waals surface area contributed by atoms with Crippen molar-refractivity contribution < 1.29 is 4.52 Å². The van der Waals surface area contributed by atoms with Crippen LogP contribution in [0.5, 0.6) is 0 Å². The Morgan fingerprint density at radius 3 is 2.94 bits per heavy atom. The molecule has 17 heavy (non-hydrogen) atoms. The minimum Gasteiger partial charge on any atom is -0.335 e. The molecule has 0 radical (unpaired) electrons. The second-order valence-corrected chi connectivity index (χ2v) is 4.38. The molecule has 0 spiro atoms. The number of rotatable bonds is 3. The van der Waals surface area contributed by atoms with Gasteiger partial charge >= 0.3 is 0 Å². The van der Waals surface area contributed by atoms with Gasteiger partial charge in [-0.3, -0.25) is 0 Å². The molecule has 1 aliphatic rings. The highest BCUT2D eigenvalue weighted by molar-refractivity contribution is 5.63. The van der Waals surface area contributed by atoms with E-state index >= 15 is 0 Å². The van der Waals surface area contributed by atoms with Crippen molar-refractivity contribution in [1.29, 1.82) is 0 Å². The normalized spacial score (nSPS) is 16.5. The number of hydrogen-bond donors (Lipinski definition) is 0. The highest BCUT2D eigenvalue weighted by atomic mass is 16.5. The van der Waals surface area contributed by atoms with Gasteiger partial charge in [0.2, 0.25) is 0 Å². The Balaban J connectivity index is 1.74. The van der Waals surface area contributed by atoms with Crippen molar-refractivity contribution in [2.75, 3.05) is 0 Å². The maximum absolute atomic E-state index is 5.18. The third-order valence-electron chi connectivity index (χ3n) is 3.18. The Labute approximate surface area is 99.2 Å². The summed E-state index contributed by atoms with van der Waals surface area (Å²) >= 11 is 0. The molecule has 2 heterocycles. The molecular weight excluding hydrogens is 216 g/mol. The maximum Gasteiger partial charge on any atom is 0.250 e. The predicted octanol–water partition coefficient (Wildman–Crippen LogP) is 2.24. The van der Waals surface area contributed by atoms with E-state index in [1.165, 1.54) is 19.3 Å². The Kier molecular flexibility index (Phi) is 2.51. The lowest BCUT2D eigenvalue weighted by Gasteiger charge is -2.20. The molecule has 0 bridgehead atoms. The fraction of sp³-hybridized carbons (Fsp3) is 0.417.